The summed E-state index contributed by atoms with van der Waals surface area (Å²) in [5.74, 6) is 0.242. The highest BCUT2D eigenvalue weighted by atomic mass is 16.5. The van der Waals surface area contributed by atoms with E-state index in [0.29, 0.717) is 37.3 Å². The number of hydrogen-bond donors (Lipinski definition) is 3. The number of hydrogen-bond acceptors (Lipinski definition) is 5. The molecule has 1 saturated carbocycles. The second-order valence-corrected chi connectivity index (χ2v) is 7.23. The van der Waals surface area contributed by atoms with Crippen LogP contribution in [0.3, 0.4) is 0 Å². The number of amides is 2. The zero-order valence-electron chi connectivity index (χ0n) is 15.3. The molecule has 0 bridgehead atoms. The fourth-order valence-corrected chi connectivity index (χ4v) is 3.95. The second kappa shape index (κ2) is 6.45. The van der Waals surface area contributed by atoms with E-state index in [4.69, 9.17) is 4.74 Å². The van der Waals surface area contributed by atoms with Crippen LogP contribution in [-0.4, -0.2) is 57.9 Å². The number of imidazole rings is 1. The molecule has 3 aromatic rings. The monoisotopic (exact) mass is 380 g/mol. The molecule has 3 N–H and O–H groups in total. The molecular formula is C19H20N6O3. The number of nitrogens with zero attached hydrogens (tertiary/aromatic N) is 3. The van der Waals surface area contributed by atoms with E-state index in [2.05, 4.69) is 25.7 Å². The Hall–Kier alpha value is -3.20. The molecule has 2 unspecified atom stereocenters. The lowest BCUT2D eigenvalue weighted by Crippen LogP contribution is -2.31. The van der Waals surface area contributed by atoms with Crippen molar-refractivity contribution in [1.82, 2.24) is 30.4 Å². The van der Waals surface area contributed by atoms with Gasteiger partial charge in [0.15, 0.2) is 5.69 Å². The summed E-state index contributed by atoms with van der Waals surface area (Å²) in [5, 5.41) is 9.99. The zero-order chi connectivity index (χ0) is 19.3. The van der Waals surface area contributed by atoms with Crippen LogP contribution in [0.5, 0.6) is 0 Å². The first-order valence-electron chi connectivity index (χ1n) is 9.25. The van der Waals surface area contributed by atoms with E-state index in [1.807, 2.05) is 18.2 Å². The first-order valence-corrected chi connectivity index (χ1v) is 9.25. The molecule has 2 amide bonds. The van der Waals surface area contributed by atoms with E-state index in [0.717, 1.165) is 16.6 Å². The number of benzene rings is 1. The van der Waals surface area contributed by atoms with E-state index in [1.165, 1.54) is 13.1 Å². The van der Waals surface area contributed by atoms with Crippen molar-refractivity contribution >= 4 is 22.8 Å². The SMILES string of the molecule is CNC(=O)c1cc(C(=O)NC2C3COCC32)n(Cc2cccc3[nH]cnc23)n1. The molecule has 28 heavy (non-hydrogen) atoms. The van der Waals surface area contributed by atoms with Gasteiger partial charge in [-0.05, 0) is 6.07 Å². The number of nitrogens with one attached hydrogen (secondary N) is 3. The fourth-order valence-electron chi connectivity index (χ4n) is 3.95. The van der Waals surface area contributed by atoms with E-state index in [-0.39, 0.29) is 23.6 Å². The maximum absolute atomic E-state index is 12.9. The highest BCUT2D eigenvalue weighted by molar-refractivity contribution is 5.98. The first-order chi connectivity index (χ1) is 13.7. The van der Waals surface area contributed by atoms with Crippen molar-refractivity contribution in [2.75, 3.05) is 20.3 Å². The average Bonchev–Trinajstić information content (AvgIpc) is 3.22. The Morgan fingerprint density at radius 3 is 2.89 bits per heavy atom. The Bertz CT molecular complexity index is 1060. The number of aromatic nitrogens is 4. The number of aromatic amines is 1. The number of ether oxygens (including phenoxy) is 1. The molecule has 0 radical (unpaired) electrons. The summed E-state index contributed by atoms with van der Waals surface area (Å²) in [6.07, 6.45) is 1.63. The smallest absolute Gasteiger partial charge is 0.271 e. The molecule has 5 rings (SSSR count). The summed E-state index contributed by atoms with van der Waals surface area (Å²) >= 11 is 0. The topological polar surface area (TPSA) is 114 Å². The maximum Gasteiger partial charge on any atom is 0.271 e. The molecule has 1 aliphatic carbocycles. The van der Waals surface area contributed by atoms with Gasteiger partial charge in [-0.1, -0.05) is 12.1 Å². The van der Waals surface area contributed by atoms with Crippen LogP contribution in [0.2, 0.25) is 0 Å². The van der Waals surface area contributed by atoms with Gasteiger partial charge in [-0.2, -0.15) is 5.10 Å². The van der Waals surface area contributed by atoms with Crippen LogP contribution in [0.1, 0.15) is 26.5 Å². The van der Waals surface area contributed by atoms with Crippen molar-refractivity contribution in [1.29, 1.82) is 0 Å². The minimum atomic E-state index is -0.331. The summed E-state index contributed by atoms with van der Waals surface area (Å²) in [5.41, 5.74) is 3.21. The lowest BCUT2D eigenvalue weighted by molar-refractivity contribution is 0.0917. The number of para-hydroxylation sites is 1. The number of carbonyl (C=O) groups is 2. The van der Waals surface area contributed by atoms with Crippen molar-refractivity contribution < 1.29 is 14.3 Å². The molecule has 2 aliphatic rings. The highest BCUT2D eigenvalue weighted by Gasteiger charge is 2.55. The number of H-pyrrole nitrogens is 1. The predicted molar refractivity (Wildman–Crippen MR) is 99.9 cm³/mol. The Morgan fingerprint density at radius 1 is 1.29 bits per heavy atom. The van der Waals surface area contributed by atoms with Crippen molar-refractivity contribution in [3.63, 3.8) is 0 Å². The molecule has 1 aromatic carbocycles. The van der Waals surface area contributed by atoms with Gasteiger partial charge in [-0.3, -0.25) is 14.3 Å². The minimum Gasteiger partial charge on any atom is -0.381 e. The summed E-state index contributed by atoms with van der Waals surface area (Å²) in [7, 11) is 1.54. The van der Waals surface area contributed by atoms with Crippen LogP contribution >= 0.6 is 0 Å². The van der Waals surface area contributed by atoms with Gasteiger partial charge in [0.25, 0.3) is 11.8 Å². The molecule has 1 aliphatic heterocycles. The van der Waals surface area contributed by atoms with Crippen molar-refractivity contribution in [3.8, 4) is 0 Å². The number of rotatable bonds is 5. The lowest BCUT2D eigenvalue weighted by atomic mass is 10.2. The number of carbonyl (C=O) groups excluding carboxylic acids is 2. The Kier molecular flexibility index (Phi) is 3.90. The van der Waals surface area contributed by atoms with Gasteiger partial charge in [0.05, 0.1) is 37.1 Å². The molecule has 144 valence electrons. The molecule has 0 spiro atoms. The van der Waals surface area contributed by atoms with Crippen LogP contribution < -0.4 is 10.6 Å². The van der Waals surface area contributed by atoms with Gasteiger partial charge in [-0.15, -0.1) is 0 Å². The van der Waals surface area contributed by atoms with E-state index in [9.17, 15) is 9.59 Å². The van der Waals surface area contributed by atoms with Crippen LogP contribution in [0.15, 0.2) is 30.6 Å². The molecule has 1 saturated heterocycles. The highest BCUT2D eigenvalue weighted by Crippen LogP contribution is 2.44. The van der Waals surface area contributed by atoms with Crippen LogP contribution in [0, 0.1) is 11.8 Å². The van der Waals surface area contributed by atoms with Crippen molar-refractivity contribution in [3.05, 3.63) is 47.5 Å². The molecule has 9 heteroatoms. The Balaban J connectivity index is 1.45. The largest absolute Gasteiger partial charge is 0.381 e. The summed E-state index contributed by atoms with van der Waals surface area (Å²) in [6.45, 7) is 1.72. The van der Waals surface area contributed by atoms with Crippen LogP contribution in [0.4, 0.5) is 0 Å². The zero-order valence-corrected chi connectivity index (χ0v) is 15.3. The molecule has 2 fully saturated rings. The predicted octanol–water partition coefficient (Wildman–Crippen LogP) is 0.542. The molecule has 2 atom stereocenters. The third kappa shape index (κ3) is 2.75. The van der Waals surface area contributed by atoms with Gasteiger partial charge >= 0.3 is 0 Å². The Morgan fingerprint density at radius 2 is 2.11 bits per heavy atom. The van der Waals surface area contributed by atoms with Crippen LogP contribution in [0.25, 0.3) is 11.0 Å². The molecule has 9 nitrogen and oxygen atoms in total. The van der Waals surface area contributed by atoms with Crippen molar-refractivity contribution in [2.45, 2.75) is 12.6 Å². The van der Waals surface area contributed by atoms with Gasteiger partial charge in [0.2, 0.25) is 0 Å². The van der Waals surface area contributed by atoms with Crippen molar-refractivity contribution in [2.24, 2.45) is 11.8 Å². The standard InChI is InChI=1S/C19H20N6O3/c1-20-18(26)14-5-15(19(27)23-17-11-7-28-8-12(11)17)25(24-14)6-10-3-2-4-13-16(10)22-9-21-13/h2-5,9,11-12,17H,6-8H2,1H3,(H,20,26)(H,21,22)(H,23,27). The Labute approximate surface area is 160 Å². The third-order valence-corrected chi connectivity index (χ3v) is 5.58. The minimum absolute atomic E-state index is 0.142. The van der Waals surface area contributed by atoms with E-state index >= 15 is 0 Å². The summed E-state index contributed by atoms with van der Waals surface area (Å²) < 4.78 is 6.95. The normalized spacial score (nSPS) is 22.8. The summed E-state index contributed by atoms with van der Waals surface area (Å²) in [6, 6.07) is 7.47. The quantitative estimate of drug-likeness (QED) is 0.598. The second-order valence-electron chi connectivity index (χ2n) is 7.23. The first kappa shape index (κ1) is 16.9. The molecule has 2 aromatic heterocycles. The fraction of sp³-hybridized carbons (Fsp3) is 0.368. The molecular weight excluding hydrogens is 360 g/mol. The van der Waals surface area contributed by atoms with Gasteiger partial charge in [0.1, 0.15) is 5.69 Å². The third-order valence-electron chi connectivity index (χ3n) is 5.58. The van der Waals surface area contributed by atoms with E-state index < -0.39 is 0 Å². The average molecular weight is 380 g/mol. The van der Waals surface area contributed by atoms with Crippen LogP contribution in [-0.2, 0) is 11.3 Å². The lowest BCUT2D eigenvalue weighted by Gasteiger charge is -2.10. The van der Waals surface area contributed by atoms with Gasteiger partial charge in [0, 0.05) is 36.6 Å². The van der Waals surface area contributed by atoms with Gasteiger partial charge in [-0.25, -0.2) is 4.98 Å². The molecule has 3 heterocycles. The number of fused-ring (bicyclic) bond motifs is 2. The van der Waals surface area contributed by atoms with E-state index in [1.54, 1.807) is 11.0 Å². The summed E-state index contributed by atoms with van der Waals surface area (Å²) in [4.78, 5) is 32.4. The van der Waals surface area contributed by atoms with Gasteiger partial charge < -0.3 is 20.4 Å². The maximum atomic E-state index is 12.9.